The Morgan fingerprint density at radius 1 is 1.27 bits per heavy atom. The summed E-state index contributed by atoms with van der Waals surface area (Å²) in [6, 6.07) is 7.31. The van der Waals surface area contributed by atoms with Gasteiger partial charge >= 0.3 is 0 Å². The van der Waals surface area contributed by atoms with Crippen LogP contribution in [0, 0.1) is 4.77 Å². The van der Waals surface area contributed by atoms with Crippen molar-refractivity contribution in [3.63, 3.8) is 0 Å². The van der Waals surface area contributed by atoms with E-state index < -0.39 is 0 Å². The second kappa shape index (κ2) is 8.20. The molecule has 0 saturated carbocycles. The number of halogens is 1. The third kappa shape index (κ3) is 3.81. The highest BCUT2D eigenvalue weighted by Crippen LogP contribution is 2.33. The molecule has 0 aliphatic rings. The van der Waals surface area contributed by atoms with E-state index in [1.807, 2.05) is 25.1 Å². The minimum Gasteiger partial charge on any atom is -0.493 e. The minimum atomic E-state index is 0.425. The van der Waals surface area contributed by atoms with Crippen molar-refractivity contribution in [2.75, 3.05) is 19.1 Å². The molecule has 0 amide bonds. The van der Waals surface area contributed by atoms with Crippen molar-refractivity contribution in [2.24, 2.45) is 0 Å². The molecule has 2 aromatic heterocycles. The largest absolute Gasteiger partial charge is 0.493 e. The number of benzene rings is 1. The monoisotopic (exact) mass is 391 g/mol. The van der Waals surface area contributed by atoms with E-state index >= 15 is 0 Å². The molecule has 0 unspecified atom stereocenters. The summed E-state index contributed by atoms with van der Waals surface area (Å²) in [5.41, 5.74) is 4.97. The molecule has 3 aromatic rings. The summed E-state index contributed by atoms with van der Waals surface area (Å²) in [7, 11) is 1.58. The summed E-state index contributed by atoms with van der Waals surface area (Å²) in [5.74, 6) is 1.89. The van der Waals surface area contributed by atoms with Crippen LogP contribution in [-0.2, 0) is 6.54 Å². The summed E-state index contributed by atoms with van der Waals surface area (Å²) in [5, 5.41) is 7.63. The fourth-order valence-electron chi connectivity index (χ4n) is 2.44. The van der Waals surface area contributed by atoms with Crippen molar-refractivity contribution in [1.29, 1.82) is 0 Å². The first-order valence-corrected chi connectivity index (χ1v) is 8.73. The Morgan fingerprint density at radius 3 is 2.73 bits per heavy atom. The van der Waals surface area contributed by atoms with Crippen molar-refractivity contribution in [2.45, 2.75) is 13.5 Å². The van der Waals surface area contributed by atoms with E-state index in [1.54, 1.807) is 30.2 Å². The highest BCUT2D eigenvalue weighted by Gasteiger charge is 2.12. The average Bonchev–Trinajstić information content (AvgIpc) is 3.03. The lowest BCUT2D eigenvalue weighted by Crippen LogP contribution is -2.16. The topological polar surface area (TPSA) is 77.0 Å². The Balaban J connectivity index is 1.87. The van der Waals surface area contributed by atoms with Crippen molar-refractivity contribution in [3.8, 4) is 22.9 Å². The number of ether oxygens (including phenoxy) is 2. The zero-order chi connectivity index (χ0) is 18.5. The van der Waals surface area contributed by atoms with E-state index in [0.717, 1.165) is 11.1 Å². The number of nitrogens with one attached hydrogen (secondary N) is 2. The molecule has 0 bridgehead atoms. The van der Waals surface area contributed by atoms with Gasteiger partial charge in [0.1, 0.15) is 0 Å². The number of aromatic nitrogens is 4. The van der Waals surface area contributed by atoms with Crippen LogP contribution in [0.5, 0.6) is 11.5 Å². The van der Waals surface area contributed by atoms with Gasteiger partial charge < -0.3 is 14.9 Å². The van der Waals surface area contributed by atoms with Gasteiger partial charge in [0, 0.05) is 29.0 Å². The summed E-state index contributed by atoms with van der Waals surface area (Å²) in [4.78, 5) is 4.02. The normalized spacial score (nSPS) is 10.6. The maximum absolute atomic E-state index is 6.37. The van der Waals surface area contributed by atoms with Crippen LogP contribution in [0.25, 0.3) is 11.4 Å². The fraction of sp³-hybridized carbons (Fsp3) is 0.235. The summed E-state index contributed by atoms with van der Waals surface area (Å²) < 4.78 is 13.1. The van der Waals surface area contributed by atoms with Crippen LogP contribution in [0.15, 0.2) is 36.7 Å². The Morgan fingerprint density at radius 2 is 2.04 bits per heavy atom. The van der Waals surface area contributed by atoms with E-state index in [-0.39, 0.29) is 0 Å². The molecule has 3 rings (SSSR count). The predicted octanol–water partition coefficient (Wildman–Crippen LogP) is 3.81. The predicted molar refractivity (Wildman–Crippen MR) is 103 cm³/mol. The smallest absolute Gasteiger partial charge is 0.214 e. The number of nitrogens with zero attached hydrogens (tertiary/aromatic N) is 3. The number of rotatable bonds is 7. The van der Waals surface area contributed by atoms with E-state index in [1.165, 1.54) is 0 Å². The van der Waals surface area contributed by atoms with Gasteiger partial charge in [0.15, 0.2) is 17.3 Å². The van der Waals surface area contributed by atoms with Gasteiger partial charge in [0.25, 0.3) is 0 Å². The van der Waals surface area contributed by atoms with Crippen LogP contribution in [0.4, 0.5) is 0 Å². The Labute approximate surface area is 160 Å². The molecule has 0 saturated heterocycles. The van der Waals surface area contributed by atoms with Gasteiger partial charge in [-0.05, 0) is 42.9 Å². The van der Waals surface area contributed by atoms with Crippen LogP contribution >= 0.6 is 23.8 Å². The van der Waals surface area contributed by atoms with Gasteiger partial charge in [0.05, 0.1) is 20.3 Å². The molecule has 1 aromatic carbocycles. The molecule has 7 nitrogen and oxygen atoms in total. The quantitative estimate of drug-likeness (QED) is 0.596. The average molecular weight is 392 g/mol. The number of aromatic amines is 1. The first kappa shape index (κ1) is 18.2. The standard InChI is InChI=1S/C17H18ClN5O2S/c1-3-25-15-8-12(13(18)9-14(15)24-2)10-20-23-16(21-22-17(23)26)11-4-6-19-7-5-11/h4-9,20H,3,10H2,1-2H3,(H,22,26). The SMILES string of the molecule is CCOc1cc(CNn2c(-c3ccncc3)n[nH]c2=S)c(Cl)cc1OC. The van der Waals surface area contributed by atoms with E-state index in [0.29, 0.717) is 40.3 Å². The molecule has 2 heterocycles. The molecule has 136 valence electrons. The van der Waals surface area contributed by atoms with Gasteiger partial charge in [-0.25, -0.2) is 9.77 Å². The molecule has 0 atom stereocenters. The molecule has 0 aliphatic carbocycles. The van der Waals surface area contributed by atoms with Crippen molar-refractivity contribution >= 4 is 23.8 Å². The van der Waals surface area contributed by atoms with Gasteiger partial charge in [-0.2, -0.15) is 5.10 Å². The van der Waals surface area contributed by atoms with Crippen molar-refractivity contribution in [1.82, 2.24) is 19.9 Å². The maximum atomic E-state index is 6.37. The van der Waals surface area contributed by atoms with Gasteiger partial charge in [-0.3, -0.25) is 4.98 Å². The second-order valence-corrected chi connectivity index (χ2v) is 6.08. The molecule has 26 heavy (non-hydrogen) atoms. The Kier molecular flexibility index (Phi) is 5.75. The Bertz CT molecular complexity index is 942. The number of methoxy groups -OCH3 is 1. The highest BCUT2D eigenvalue weighted by molar-refractivity contribution is 7.71. The van der Waals surface area contributed by atoms with Gasteiger partial charge in [0.2, 0.25) is 4.77 Å². The molecular formula is C17H18ClN5O2S. The number of hydrogen-bond donors (Lipinski definition) is 2. The number of pyridine rings is 1. The van der Waals surface area contributed by atoms with E-state index in [2.05, 4.69) is 20.6 Å². The summed E-state index contributed by atoms with van der Waals surface area (Å²) in [6.45, 7) is 2.87. The first-order chi connectivity index (χ1) is 12.6. The van der Waals surface area contributed by atoms with E-state index in [9.17, 15) is 0 Å². The summed E-state index contributed by atoms with van der Waals surface area (Å²) >= 11 is 11.7. The Hall–Kier alpha value is -2.58. The van der Waals surface area contributed by atoms with Crippen LogP contribution in [-0.4, -0.2) is 33.6 Å². The van der Waals surface area contributed by atoms with Crippen molar-refractivity contribution in [3.05, 3.63) is 52.0 Å². The van der Waals surface area contributed by atoms with Crippen LogP contribution in [0.1, 0.15) is 12.5 Å². The molecule has 9 heteroatoms. The molecule has 0 aliphatic heterocycles. The second-order valence-electron chi connectivity index (χ2n) is 5.29. The van der Waals surface area contributed by atoms with Gasteiger partial charge in [-0.15, -0.1) is 0 Å². The molecule has 0 radical (unpaired) electrons. The van der Waals surface area contributed by atoms with Crippen LogP contribution in [0.3, 0.4) is 0 Å². The molecular weight excluding hydrogens is 374 g/mol. The third-order valence-electron chi connectivity index (χ3n) is 3.67. The lowest BCUT2D eigenvalue weighted by Gasteiger charge is -2.15. The lowest BCUT2D eigenvalue weighted by molar-refractivity contribution is 0.310. The zero-order valence-electron chi connectivity index (χ0n) is 14.3. The van der Waals surface area contributed by atoms with Crippen LogP contribution in [0.2, 0.25) is 5.02 Å². The number of H-pyrrole nitrogens is 1. The molecule has 0 spiro atoms. The maximum Gasteiger partial charge on any atom is 0.214 e. The zero-order valence-corrected chi connectivity index (χ0v) is 15.9. The highest BCUT2D eigenvalue weighted by atomic mass is 35.5. The third-order valence-corrected chi connectivity index (χ3v) is 4.30. The molecule has 0 fully saturated rings. The number of hydrogen-bond acceptors (Lipinski definition) is 6. The minimum absolute atomic E-state index is 0.425. The first-order valence-electron chi connectivity index (χ1n) is 7.95. The molecule has 2 N–H and O–H groups in total. The lowest BCUT2D eigenvalue weighted by atomic mass is 10.2. The van der Waals surface area contributed by atoms with Crippen LogP contribution < -0.4 is 14.9 Å². The fourth-order valence-corrected chi connectivity index (χ4v) is 2.86. The van der Waals surface area contributed by atoms with E-state index in [4.69, 9.17) is 33.3 Å². The van der Waals surface area contributed by atoms with Gasteiger partial charge in [-0.1, -0.05) is 11.6 Å². The summed E-state index contributed by atoms with van der Waals surface area (Å²) in [6.07, 6.45) is 3.40. The van der Waals surface area contributed by atoms with Crippen molar-refractivity contribution < 1.29 is 9.47 Å².